The molecule has 0 bridgehead atoms. The van der Waals surface area contributed by atoms with E-state index in [1.54, 1.807) is 24.1 Å². The molecule has 6 atom stereocenters. The van der Waals surface area contributed by atoms with Gasteiger partial charge in [-0.3, -0.25) is 9.78 Å². The molecule has 0 spiro atoms. The lowest BCUT2D eigenvalue weighted by atomic mass is 9.88. The number of cyclic esters (lactones) is 1. The van der Waals surface area contributed by atoms with Gasteiger partial charge < -0.3 is 29.5 Å². The van der Waals surface area contributed by atoms with Crippen LogP contribution in [0.4, 0.5) is 9.18 Å². The van der Waals surface area contributed by atoms with Crippen LogP contribution in [0.2, 0.25) is 0 Å². The van der Waals surface area contributed by atoms with E-state index in [9.17, 15) is 24.2 Å². The van der Waals surface area contributed by atoms with Crippen molar-refractivity contribution in [3.8, 4) is 0 Å². The number of halogens is 1. The first kappa shape index (κ1) is 35.8. The van der Waals surface area contributed by atoms with E-state index in [0.29, 0.717) is 32.0 Å². The summed E-state index contributed by atoms with van der Waals surface area (Å²) < 4.78 is 25.4. The van der Waals surface area contributed by atoms with E-state index in [-0.39, 0.29) is 31.1 Å². The number of hydrogen-bond donors (Lipinski definition) is 2. The smallest absolute Gasteiger partial charge is 0.410 e. The average molecular weight is 642 g/mol. The molecule has 0 saturated carbocycles. The SMILES string of the molecule is C/C(=C\C=C\C(C)c1cccnc1)[C@H]1OC(=O)C[C@@H](O)CC[C@](C)(O)[C@H](OC(=O)N2CCC(N3CCC(F)CC3)CC2)/C=C/[C@@H]1C. The maximum Gasteiger partial charge on any atom is 0.410 e. The summed E-state index contributed by atoms with van der Waals surface area (Å²) in [5, 5.41) is 22.1. The summed E-state index contributed by atoms with van der Waals surface area (Å²) in [6, 6.07) is 4.24. The van der Waals surface area contributed by atoms with Gasteiger partial charge in [-0.2, -0.15) is 0 Å². The third kappa shape index (κ3) is 10.2. The number of ether oxygens (including phenoxy) is 2. The van der Waals surface area contributed by atoms with Gasteiger partial charge in [0.2, 0.25) is 0 Å². The maximum absolute atomic E-state index is 13.6. The van der Waals surface area contributed by atoms with Crippen molar-refractivity contribution in [3.05, 3.63) is 66.0 Å². The van der Waals surface area contributed by atoms with Crippen molar-refractivity contribution in [1.82, 2.24) is 14.8 Å². The number of aliphatic hydroxyl groups is 2. The van der Waals surface area contributed by atoms with Crippen LogP contribution in [-0.2, 0) is 14.3 Å². The Bertz CT molecular complexity index is 1220. The van der Waals surface area contributed by atoms with Gasteiger partial charge in [-0.25, -0.2) is 9.18 Å². The zero-order chi connectivity index (χ0) is 33.3. The highest BCUT2D eigenvalue weighted by Gasteiger charge is 2.37. The number of rotatable bonds is 6. The quantitative estimate of drug-likeness (QED) is 0.238. The first-order valence-corrected chi connectivity index (χ1v) is 16.8. The van der Waals surface area contributed by atoms with Crippen molar-refractivity contribution in [3.63, 3.8) is 0 Å². The van der Waals surface area contributed by atoms with Crippen molar-refractivity contribution in [2.24, 2.45) is 5.92 Å². The minimum atomic E-state index is -1.48. The highest BCUT2D eigenvalue weighted by Crippen LogP contribution is 2.29. The lowest BCUT2D eigenvalue weighted by Crippen LogP contribution is -2.51. The third-order valence-electron chi connectivity index (χ3n) is 9.67. The normalized spacial score (nSPS) is 31.5. The van der Waals surface area contributed by atoms with Crippen molar-refractivity contribution >= 4 is 12.1 Å². The molecule has 0 aliphatic carbocycles. The number of piperidine rings is 2. The Hall–Kier alpha value is -3.08. The van der Waals surface area contributed by atoms with Gasteiger partial charge in [0.1, 0.15) is 17.9 Å². The van der Waals surface area contributed by atoms with Crippen LogP contribution in [0.5, 0.6) is 0 Å². The summed E-state index contributed by atoms with van der Waals surface area (Å²) in [6.45, 7) is 10.0. The Morgan fingerprint density at radius 3 is 2.57 bits per heavy atom. The average Bonchev–Trinajstić information content (AvgIpc) is 3.04. The summed E-state index contributed by atoms with van der Waals surface area (Å²) in [5.74, 6) is -0.692. The number of carbonyl (C=O) groups is 2. The van der Waals surface area contributed by atoms with Crippen LogP contribution in [0.3, 0.4) is 0 Å². The number of aliphatic hydroxyl groups excluding tert-OH is 1. The van der Waals surface area contributed by atoms with Gasteiger partial charge in [0.25, 0.3) is 0 Å². The topological polar surface area (TPSA) is 112 Å². The molecule has 9 nitrogen and oxygen atoms in total. The van der Waals surface area contributed by atoms with Gasteiger partial charge >= 0.3 is 12.1 Å². The van der Waals surface area contributed by atoms with E-state index in [0.717, 1.165) is 37.1 Å². The van der Waals surface area contributed by atoms with Gasteiger partial charge in [0, 0.05) is 56.5 Å². The van der Waals surface area contributed by atoms with E-state index < -0.39 is 42.1 Å². The lowest BCUT2D eigenvalue weighted by Gasteiger charge is -2.41. The van der Waals surface area contributed by atoms with Gasteiger partial charge in [0.15, 0.2) is 6.10 Å². The minimum absolute atomic E-state index is 0.118. The van der Waals surface area contributed by atoms with Gasteiger partial charge in [0.05, 0.1) is 12.5 Å². The number of aromatic nitrogens is 1. The van der Waals surface area contributed by atoms with E-state index in [1.165, 1.54) is 0 Å². The van der Waals surface area contributed by atoms with Crippen molar-refractivity contribution in [2.75, 3.05) is 26.2 Å². The molecule has 1 amide bonds. The molecule has 1 aromatic heterocycles. The first-order chi connectivity index (χ1) is 21.9. The number of alkyl halides is 1. The fraction of sp³-hybridized carbons (Fsp3) is 0.639. The fourth-order valence-corrected chi connectivity index (χ4v) is 6.51. The van der Waals surface area contributed by atoms with Crippen LogP contribution in [0.15, 0.2) is 60.5 Å². The predicted molar refractivity (Wildman–Crippen MR) is 175 cm³/mol. The Morgan fingerprint density at radius 1 is 1.17 bits per heavy atom. The summed E-state index contributed by atoms with van der Waals surface area (Å²) in [4.78, 5) is 34.3. The monoisotopic (exact) mass is 641 g/mol. The molecule has 10 heteroatoms. The zero-order valence-corrected chi connectivity index (χ0v) is 27.8. The number of hydrogen-bond acceptors (Lipinski definition) is 8. The fourth-order valence-electron chi connectivity index (χ4n) is 6.51. The Labute approximate surface area is 273 Å². The molecule has 0 aromatic carbocycles. The molecule has 2 N–H and O–H groups in total. The van der Waals surface area contributed by atoms with E-state index in [1.807, 2.05) is 56.5 Å². The molecule has 0 radical (unpaired) electrons. The molecule has 2 saturated heterocycles. The molecule has 254 valence electrons. The Kier molecular flexibility index (Phi) is 13.0. The first-order valence-electron chi connectivity index (χ1n) is 16.8. The predicted octanol–water partition coefficient (Wildman–Crippen LogP) is 5.49. The largest absolute Gasteiger partial charge is 0.457 e. The maximum atomic E-state index is 13.6. The zero-order valence-electron chi connectivity index (χ0n) is 27.8. The third-order valence-corrected chi connectivity index (χ3v) is 9.67. The standard InChI is InChI=1S/C36H52FN3O6/c1-25(28-9-6-18-38-24-28)7-5-8-26(2)34-27(3)10-11-32(36(4,44)17-12-31(41)23-33(42)46-34)45-35(43)40-21-15-30(16-22-40)39-19-13-29(37)14-20-39/h5-11,18,24-25,27,29-32,34,41,44H,12-17,19-23H2,1-4H3/b7-5+,11-10+,26-8+/t25?,27-,31-,32+,34+,36-/m0/s1. The van der Waals surface area contributed by atoms with Crippen LogP contribution in [0.1, 0.15) is 84.1 Å². The van der Waals surface area contributed by atoms with Crippen LogP contribution in [-0.4, -0.2) is 99.4 Å². The van der Waals surface area contributed by atoms with Crippen LogP contribution in [0.25, 0.3) is 0 Å². The Morgan fingerprint density at radius 2 is 1.89 bits per heavy atom. The highest BCUT2D eigenvalue weighted by atomic mass is 19.1. The number of amides is 1. The van der Waals surface area contributed by atoms with Crippen molar-refractivity contribution < 1.29 is 33.7 Å². The molecule has 46 heavy (non-hydrogen) atoms. The second kappa shape index (κ2) is 16.7. The molecule has 2 fully saturated rings. The van der Waals surface area contributed by atoms with Crippen LogP contribution in [0, 0.1) is 5.92 Å². The lowest BCUT2D eigenvalue weighted by molar-refractivity contribution is -0.151. The number of carbonyl (C=O) groups excluding carboxylic acids is 2. The number of nitrogens with zero attached hydrogens (tertiary/aromatic N) is 3. The summed E-state index contributed by atoms with van der Waals surface area (Å²) in [7, 11) is 0. The van der Waals surface area contributed by atoms with Crippen molar-refractivity contribution in [1.29, 1.82) is 0 Å². The molecule has 1 unspecified atom stereocenters. The molecule has 3 aliphatic heterocycles. The number of pyridine rings is 1. The number of esters is 1. The molecular weight excluding hydrogens is 589 g/mol. The molecule has 4 heterocycles. The van der Waals surface area contributed by atoms with Gasteiger partial charge in [-0.05, 0) is 75.7 Å². The van der Waals surface area contributed by atoms with Crippen LogP contribution < -0.4 is 0 Å². The summed E-state index contributed by atoms with van der Waals surface area (Å²) >= 11 is 0. The second-order valence-corrected chi connectivity index (χ2v) is 13.5. The van der Waals surface area contributed by atoms with Crippen molar-refractivity contribution in [2.45, 2.75) is 115 Å². The highest BCUT2D eigenvalue weighted by molar-refractivity contribution is 5.70. The van der Waals surface area contributed by atoms with E-state index in [4.69, 9.17) is 9.47 Å². The van der Waals surface area contributed by atoms with Gasteiger partial charge in [-0.1, -0.05) is 44.2 Å². The molecular formula is C36H52FN3O6. The summed E-state index contributed by atoms with van der Waals surface area (Å²) in [6.07, 6.45) is 11.9. The number of allylic oxidation sites excluding steroid dienone is 3. The molecule has 3 aliphatic rings. The second-order valence-electron chi connectivity index (χ2n) is 13.5. The van der Waals surface area contributed by atoms with Gasteiger partial charge in [-0.15, -0.1) is 0 Å². The molecule has 1 aromatic rings. The van der Waals surface area contributed by atoms with Crippen LogP contribution >= 0.6 is 0 Å². The van der Waals surface area contributed by atoms with E-state index in [2.05, 4.69) is 16.8 Å². The summed E-state index contributed by atoms with van der Waals surface area (Å²) in [5.41, 5.74) is 0.421. The van der Waals surface area contributed by atoms with E-state index >= 15 is 0 Å². The number of likely N-dealkylation sites (tertiary alicyclic amines) is 2. The molecule has 4 rings (SSSR count). The Balaban J connectivity index is 1.45. The minimum Gasteiger partial charge on any atom is -0.457 e.